The van der Waals surface area contributed by atoms with Crippen LogP contribution in [-0.2, 0) is 11.3 Å². The third-order valence-electron chi connectivity index (χ3n) is 3.74. The number of alkyl carbamates (subject to hydrolysis) is 1. The number of anilines is 1. The van der Waals surface area contributed by atoms with Gasteiger partial charge in [0.2, 0.25) is 5.92 Å². The Morgan fingerprint density at radius 3 is 2.71 bits per heavy atom. The van der Waals surface area contributed by atoms with Crippen molar-refractivity contribution in [2.24, 2.45) is 5.92 Å². The van der Waals surface area contributed by atoms with E-state index in [1.54, 1.807) is 6.20 Å². The van der Waals surface area contributed by atoms with Crippen LogP contribution in [-0.4, -0.2) is 29.1 Å². The van der Waals surface area contributed by atoms with Gasteiger partial charge in [-0.2, -0.15) is 0 Å². The maximum absolute atomic E-state index is 13.1. The summed E-state index contributed by atoms with van der Waals surface area (Å²) in [5.41, 5.74) is -0.526. The standard InChI is InChI=1S/C16H25F2N3O2S/c1-15(2,3)23-14(22)21-10-12-9-20-13(24-12)19-8-11-4-6-16(17,18)7-5-11/h9,11H,4-8,10H2,1-3H3,(H,19,20)(H,21,22). The summed E-state index contributed by atoms with van der Waals surface area (Å²) >= 11 is 1.44. The molecule has 1 aromatic rings. The lowest BCUT2D eigenvalue weighted by Gasteiger charge is -2.28. The average Bonchev–Trinajstić information content (AvgIpc) is 2.90. The van der Waals surface area contributed by atoms with E-state index in [9.17, 15) is 13.6 Å². The van der Waals surface area contributed by atoms with Gasteiger partial charge in [0, 0.05) is 30.5 Å². The lowest BCUT2D eigenvalue weighted by atomic mass is 9.87. The number of carbonyl (C=O) groups excluding carboxylic acids is 1. The molecule has 0 saturated heterocycles. The van der Waals surface area contributed by atoms with E-state index in [4.69, 9.17) is 4.74 Å². The van der Waals surface area contributed by atoms with Crippen LogP contribution in [0.5, 0.6) is 0 Å². The summed E-state index contributed by atoms with van der Waals surface area (Å²) in [4.78, 5) is 16.7. The Labute approximate surface area is 145 Å². The minimum Gasteiger partial charge on any atom is -0.444 e. The van der Waals surface area contributed by atoms with Gasteiger partial charge in [-0.25, -0.2) is 18.6 Å². The second kappa shape index (κ2) is 7.63. The number of thiazole rings is 1. The molecule has 1 aromatic heterocycles. The maximum atomic E-state index is 13.1. The van der Waals surface area contributed by atoms with Crippen LogP contribution >= 0.6 is 11.3 Å². The van der Waals surface area contributed by atoms with Crippen LogP contribution in [0.25, 0.3) is 0 Å². The van der Waals surface area contributed by atoms with Crippen molar-refractivity contribution in [1.82, 2.24) is 10.3 Å². The first-order valence-corrected chi connectivity index (χ1v) is 8.98. The van der Waals surface area contributed by atoms with Crippen LogP contribution in [0.15, 0.2) is 6.20 Å². The highest BCUT2D eigenvalue weighted by Crippen LogP contribution is 2.36. The van der Waals surface area contributed by atoms with Crippen molar-refractivity contribution in [2.75, 3.05) is 11.9 Å². The maximum Gasteiger partial charge on any atom is 0.407 e. The lowest BCUT2D eigenvalue weighted by molar-refractivity contribution is -0.0443. The molecule has 0 bridgehead atoms. The Balaban J connectivity index is 1.70. The molecule has 0 unspecified atom stereocenters. The molecule has 2 rings (SSSR count). The smallest absolute Gasteiger partial charge is 0.407 e. The molecule has 1 heterocycles. The van der Waals surface area contributed by atoms with Crippen molar-refractivity contribution in [3.05, 3.63) is 11.1 Å². The molecule has 0 radical (unpaired) electrons. The van der Waals surface area contributed by atoms with Crippen LogP contribution < -0.4 is 10.6 Å². The molecule has 136 valence electrons. The zero-order chi connectivity index (χ0) is 17.8. The minimum atomic E-state index is -2.49. The fraction of sp³-hybridized carbons (Fsp3) is 0.750. The number of halogens is 2. The third kappa shape index (κ3) is 6.59. The van der Waals surface area contributed by atoms with Crippen LogP contribution in [0.2, 0.25) is 0 Å². The largest absolute Gasteiger partial charge is 0.444 e. The summed E-state index contributed by atoms with van der Waals surface area (Å²) < 4.78 is 31.4. The van der Waals surface area contributed by atoms with Gasteiger partial charge in [0.15, 0.2) is 5.13 Å². The van der Waals surface area contributed by atoms with Crippen LogP contribution in [0, 0.1) is 5.92 Å². The number of alkyl halides is 2. The molecular formula is C16H25F2N3O2S. The van der Waals surface area contributed by atoms with E-state index >= 15 is 0 Å². The predicted octanol–water partition coefficient (Wildman–Crippen LogP) is 4.41. The van der Waals surface area contributed by atoms with E-state index in [2.05, 4.69) is 15.6 Å². The molecule has 0 spiro atoms. The molecular weight excluding hydrogens is 336 g/mol. The van der Waals surface area contributed by atoms with E-state index in [-0.39, 0.29) is 18.8 Å². The van der Waals surface area contributed by atoms with Crippen LogP contribution in [0.1, 0.15) is 51.3 Å². The summed E-state index contributed by atoms with van der Waals surface area (Å²) in [7, 11) is 0. The molecule has 0 aliphatic heterocycles. The van der Waals surface area contributed by atoms with Gasteiger partial charge in [0.25, 0.3) is 0 Å². The number of carbonyl (C=O) groups is 1. The lowest BCUT2D eigenvalue weighted by Crippen LogP contribution is -2.31. The molecule has 0 aromatic carbocycles. The van der Waals surface area contributed by atoms with Crippen LogP contribution in [0.4, 0.5) is 18.7 Å². The van der Waals surface area contributed by atoms with Gasteiger partial charge in [-0.15, -0.1) is 11.3 Å². The van der Waals surface area contributed by atoms with Gasteiger partial charge in [-0.1, -0.05) is 0 Å². The first-order valence-electron chi connectivity index (χ1n) is 8.16. The highest BCUT2D eigenvalue weighted by atomic mass is 32.1. The first-order chi connectivity index (χ1) is 11.1. The van der Waals surface area contributed by atoms with Gasteiger partial charge in [-0.05, 0) is 39.5 Å². The minimum absolute atomic E-state index is 0.0255. The number of nitrogens with zero attached hydrogens (tertiary/aromatic N) is 1. The number of hydrogen-bond donors (Lipinski definition) is 2. The Morgan fingerprint density at radius 2 is 2.08 bits per heavy atom. The van der Waals surface area contributed by atoms with Crippen molar-refractivity contribution in [1.29, 1.82) is 0 Å². The molecule has 1 aliphatic rings. The molecule has 2 N–H and O–H groups in total. The van der Waals surface area contributed by atoms with Crippen molar-refractivity contribution in [3.8, 4) is 0 Å². The Hall–Kier alpha value is -1.44. The quantitative estimate of drug-likeness (QED) is 0.816. The van der Waals surface area contributed by atoms with Crippen molar-refractivity contribution >= 4 is 22.6 Å². The summed E-state index contributed by atoms with van der Waals surface area (Å²) in [6.07, 6.45) is 2.26. The Morgan fingerprint density at radius 1 is 1.42 bits per heavy atom. The summed E-state index contributed by atoms with van der Waals surface area (Å²) in [5, 5.41) is 6.63. The van der Waals surface area contributed by atoms with E-state index in [0.29, 0.717) is 25.9 Å². The fourth-order valence-corrected chi connectivity index (χ4v) is 3.24. The normalized spacial score (nSPS) is 18.2. The Bertz CT molecular complexity index is 548. The molecule has 8 heteroatoms. The summed E-state index contributed by atoms with van der Waals surface area (Å²) in [6, 6.07) is 0. The van der Waals surface area contributed by atoms with Crippen molar-refractivity contribution < 1.29 is 18.3 Å². The molecule has 1 fully saturated rings. The van der Waals surface area contributed by atoms with E-state index < -0.39 is 17.6 Å². The number of hydrogen-bond acceptors (Lipinski definition) is 5. The molecule has 1 saturated carbocycles. The van der Waals surface area contributed by atoms with Crippen LogP contribution in [0.3, 0.4) is 0 Å². The van der Waals surface area contributed by atoms with Gasteiger partial charge >= 0.3 is 6.09 Å². The molecule has 1 amide bonds. The fourth-order valence-electron chi connectivity index (χ4n) is 2.48. The number of nitrogens with one attached hydrogen (secondary N) is 2. The van der Waals surface area contributed by atoms with E-state index in [1.807, 2.05) is 20.8 Å². The van der Waals surface area contributed by atoms with Crippen molar-refractivity contribution in [2.45, 2.75) is 64.5 Å². The SMILES string of the molecule is CC(C)(C)OC(=O)NCc1cnc(NCC2CCC(F)(F)CC2)s1. The van der Waals surface area contributed by atoms with Gasteiger partial charge in [-0.3, -0.25) is 0 Å². The Kier molecular flexibility index (Phi) is 6.01. The first kappa shape index (κ1) is 18.9. The molecule has 0 atom stereocenters. The topological polar surface area (TPSA) is 63.2 Å². The summed E-state index contributed by atoms with van der Waals surface area (Å²) in [5.74, 6) is -2.23. The highest BCUT2D eigenvalue weighted by molar-refractivity contribution is 7.15. The summed E-state index contributed by atoms with van der Waals surface area (Å²) in [6.45, 7) is 6.43. The molecule has 24 heavy (non-hydrogen) atoms. The van der Waals surface area contributed by atoms with Gasteiger partial charge < -0.3 is 15.4 Å². The number of aromatic nitrogens is 1. The second-order valence-electron chi connectivity index (χ2n) is 7.17. The number of amides is 1. The van der Waals surface area contributed by atoms with E-state index in [0.717, 1.165) is 10.0 Å². The zero-order valence-electron chi connectivity index (χ0n) is 14.3. The highest BCUT2D eigenvalue weighted by Gasteiger charge is 2.34. The second-order valence-corrected chi connectivity index (χ2v) is 8.28. The monoisotopic (exact) mass is 361 g/mol. The molecule has 1 aliphatic carbocycles. The zero-order valence-corrected chi connectivity index (χ0v) is 15.1. The number of rotatable bonds is 5. The predicted molar refractivity (Wildman–Crippen MR) is 90.6 cm³/mol. The third-order valence-corrected chi connectivity index (χ3v) is 4.69. The van der Waals surface area contributed by atoms with Crippen molar-refractivity contribution in [3.63, 3.8) is 0 Å². The average molecular weight is 361 g/mol. The molecule has 5 nitrogen and oxygen atoms in total. The van der Waals surface area contributed by atoms with E-state index in [1.165, 1.54) is 11.3 Å². The van der Waals surface area contributed by atoms with Gasteiger partial charge in [0.05, 0.1) is 6.54 Å². The van der Waals surface area contributed by atoms with Gasteiger partial charge in [0.1, 0.15) is 5.60 Å². The number of ether oxygens (including phenoxy) is 1.